The lowest BCUT2D eigenvalue weighted by Gasteiger charge is -2.45. The van der Waals surface area contributed by atoms with Crippen LogP contribution in [-0.2, 0) is 4.79 Å². The first-order valence-electron chi connectivity index (χ1n) is 8.78. The van der Waals surface area contributed by atoms with Crippen molar-refractivity contribution in [2.45, 2.75) is 77.2 Å². The fourth-order valence-corrected chi connectivity index (χ4v) is 2.28. The molecule has 0 aliphatic heterocycles. The molecule has 0 aromatic carbocycles. The van der Waals surface area contributed by atoms with Gasteiger partial charge in [0.2, 0.25) is 0 Å². The molecule has 0 aromatic heterocycles. The van der Waals surface area contributed by atoms with Gasteiger partial charge in [0, 0.05) is 0 Å². The summed E-state index contributed by atoms with van der Waals surface area (Å²) >= 11 is 0. The summed E-state index contributed by atoms with van der Waals surface area (Å²) in [5.74, 6) is -116. The Balaban J connectivity index is 0. The Morgan fingerprint density at radius 2 is 0.432 bits per heavy atom. The van der Waals surface area contributed by atoms with Gasteiger partial charge >= 0.3 is 83.2 Å². The van der Waals surface area contributed by atoms with E-state index in [4.69, 9.17) is 5.11 Å². The average Bonchev–Trinajstić information content (AvgIpc) is 2.76. The van der Waals surface area contributed by atoms with Gasteiger partial charge < -0.3 is 5.11 Å². The fourth-order valence-electron chi connectivity index (χ4n) is 2.28. The van der Waals surface area contributed by atoms with E-state index < -0.39 is 83.2 Å². The van der Waals surface area contributed by atoms with E-state index in [-0.39, 0.29) is 17.4 Å². The maximum atomic E-state index is 13.5. The lowest BCUT2D eigenvalue weighted by molar-refractivity contribution is -0.484. The third kappa shape index (κ3) is 4.88. The molecule has 0 bridgehead atoms. The largest absolute Gasteiger partial charge is 0.477 e. The Morgan fingerprint density at radius 3 is 0.568 bits per heavy atom. The Labute approximate surface area is 230 Å². The summed E-state index contributed by atoms with van der Waals surface area (Å²) in [5, 5.41) is 7.64. The number of halogens is 27. The molecule has 264 valence electrons. The average molecular weight is 744 g/mol. The molecule has 44 heavy (non-hydrogen) atoms. The van der Waals surface area contributed by atoms with E-state index in [1.54, 1.807) is 0 Å². The van der Waals surface area contributed by atoms with Crippen molar-refractivity contribution >= 4 is 23.3 Å². The second-order valence-electron chi connectivity index (χ2n) is 7.70. The van der Waals surface area contributed by atoms with Crippen LogP contribution in [0.4, 0.5) is 119 Å². The molecular formula is C14H4AlF27O2. The molecule has 0 saturated heterocycles. The predicted octanol–water partition coefficient (Wildman–Crippen LogP) is 7.07. The third-order valence-corrected chi connectivity index (χ3v) is 4.96. The van der Waals surface area contributed by atoms with Crippen LogP contribution < -0.4 is 0 Å². The van der Waals surface area contributed by atoms with Crippen LogP contribution in [0.2, 0.25) is 0 Å². The number of carbonyl (C=O) groups is 1. The summed E-state index contributed by atoms with van der Waals surface area (Å²) < 4.78 is 354. The van der Waals surface area contributed by atoms with Crippen LogP contribution in [0.5, 0.6) is 0 Å². The molecule has 0 aliphatic rings. The van der Waals surface area contributed by atoms with Crippen molar-refractivity contribution in [1.82, 2.24) is 0 Å². The van der Waals surface area contributed by atoms with Crippen molar-refractivity contribution in [2.24, 2.45) is 0 Å². The van der Waals surface area contributed by atoms with E-state index >= 15 is 0 Å². The Hall–Kier alpha value is -1.89. The SMILES string of the molecule is O=C(O)C(F)(F)C(F)(F)C(F)(F)C(F)(F)C(F)(F)C(F)(F)C(F)(F)C(F)(F)C(F)(F)C(F)(F)C(F)(F)C(F)(F)C(F)(F)F.[AlH3]. The van der Waals surface area contributed by atoms with E-state index in [9.17, 15) is 123 Å². The van der Waals surface area contributed by atoms with Crippen LogP contribution in [0.1, 0.15) is 0 Å². The maximum Gasteiger partial charge on any atom is 0.460 e. The molecule has 0 spiro atoms. The Bertz CT molecular complexity index is 1070. The topological polar surface area (TPSA) is 37.3 Å². The number of hydrogen-bond acceptors (Lipinski definition) is 1. The van der Waals surface area contributed by atoms with Gasteiger partial charge in [-0.25, -0.2) is 4.79 Å². The first-order chi connectivity index (χ1) is 17.9. The molecule has 0 fully saturated rings. The number of aliphatic carboxylic acids is 1. The minimum atomic E-state index is -9.86. The summed E-state index contributed by atoms with van der Waals surface area (Å²) in [6.07, 6.45) is -8.26. The molecule has 0 rings (SSSR count). The van der Waals surface area contributed by atoms with Gasteiger partial charge in [0.15, 0.2) is 17.4 Å². The quantitative estimate of drug-likeness (QED) is 0.172. The third-order valence-electron chi connectivity index (χ3n) is 4.96. The highest BCUT2D eigenvalue weighted by molar-refractivity contribution is 5.77. The number of rotatable bonds is 12. The predicted molar refractivity (Wildman–Crippen MR) is 83.0 cm³/mol. The molecular weight excluding hydrogens is 740 g/mol. The van der Waals surface area contributed by atoms with Crippen LogP contribution in [0.15, 0.2) is 0 Å². The zero-order valence-corrected chi connectivity index (χ0v) is 18.1. The molecule has 30 heteroatoms. The first-order valence-corrected chi connectivity index (χ1v) is 8.78. The summed E-state index contributed by atoms with van der Waals surface area (Å²) in [6, 6.07) is 0. The van der Waals surface area contributed by atoms with Crippen LogP contribution in [0, 0.1) is 0 Å². The highest BCUT2D eigenvalue weighted by atomic mass is 27.0. The molecule has 0 atom stereocenters. The van der Waals surface area contributed by atoms with Gasteiger partial charge in [0.25, 0.3) is 0 Å². The highest BCUT2D eigenvalue weighted by Crippen LogP contribution is 2.68. The zero-order chi connectivity index (χ0) is 36.1. The van der Waals surface area contributed by atoms with Crippen molar-refractivity contribution in [2.75, 3.05) is 0 Å². The van der Waals surface area contributed by atoms with E-state index in [2.05, 4.69) is 0 Å². The standard InChI is InChI=1S/C14HF27O2.Al.3H/c15-2(16,1(42)43)3(17,18)4(19,20)5(21,22)6(23,24)7(25,26)8(27,28)9(29,30)10(31,32)11(33,34)12(35,36)13(37,38)14(39,40)41;;;;/h(H,42,43);;;;. The van der Waals surface area contributed by atoms with Gasteiger partial charge in [-0.2, -0.15) is 119 Å². The molecule has 1 N–H and O–H groups in total. The highest BCUT2D eigenvalue weighted by Gasteiger charge is 3.00. The van der Waals surface area contributed by atoms with E-state index in [1.165, 1.54) is 0 Å². The van der Waals surface area contributed by atoms with Gasteiger partial charge in [-0.15, -0.1) is 0 Å². The van der Waals surface area contributed by atoms with Crippen molar-refractivity contribution in [3.8, 4) is 0 Å². The zero-order valence-electron chi connectivity index (χ0n) is 18.1. The normalized spacial score (nSPS) is 16.5. The van der Waals surface area contributed by atoms with Crippen molar-refractivity contribution in [3.63, 3.8) is 0 Å². The smallest absolute Gasteiger partial charge is 0.460 e. The monoisotopic (exact) mass is 744 g/mol. The lowest BCUT2D eigenvalue weighted by atomic mass is 9.84. The molecule has 2 nitrogen and oxygen atoms in total. The summed E-state index contributed by atoms with van der Waals surface area (Å²) in [7, 11) is 0. The van der Waals surface area contributed by atoms with Gasteiger partial charge in [-0.05, 0) is 0 Å². The summed E-state index contributed by atoms with van der Waals surface area (Å²) in [6.45, 7) is 0. The van der Waals surface area contributed by atoms with Crippen LogP contribution in [0.25, 0.3) is 0 Å². The van der Waals surface area contributed by atoms with Gasteiger partial charge in [-0.3, -0.25) is 0 Å². The number of alkyl halides is 27. The maximum absolute atomic E-state index is 13.5. The van der Waals surface area contributed by atoms with Crippen LogP contribution in [-0.4, -0.2) is 106 Å². The number of hydrogen-bond donors (Lipinski definition) is 1. The molecule has 0 radical (unpaired) electrons. The van der Waals surface area contributed by atoms with E-state index in [0.29, 0.717) is 0 Å². The summed E-state index contributed by atoms with van der Waals surface area (Å²) in [5.41, 5.74) is 0. The molecule has 0 unspecified atom stereocenters. The summed E-state index contributed by atoms with van der Waals surface area (Å²) in [4.78, 5) is 9.89. The second kappa shape index (κ2) is 10.6. The number of carboxylic acid groups (broad SMARTS) is 1. The van der Waals surface area contributed by atoms with Crippen LogP contribution >= 0.6 is 0 Å². The minimum Gasteiger partial charge on any atom is -0.477 e. The molecule has 0 heterocycles. The van der Waals surface area contributed by atoms with Gasteiger partial charge in [0.05, 0.1) is 0 Å². The Morgan fingerprint density at radius 1 is 0.295 bits per heavy atom. The fraction of sp³-hybridized carbons (Fsp3) is 0.929. The van der Waals surface area contributed by atoms with E-state index in [1.807, 2.05) is 0 Å². The van der Waals surface area contributed by atoms with Crippen molar-refractivity contribution in [1.29, 1.82) is 0 Å². The van der Waals surface area contributed by atoms with E-state index in [0.717, 1.165) is 0 Å². The molecule has 0 aromatic rings. The molecule has 0 amide bonds. The molecule has 0 saturated carbocycles. The van der Waals surface area contributed by atoms with Gasteiger partial charge in [0.1, 0.15) is 0 Å². The van der Waals surface area contributed by atoms with Gasteiger partial charge in [-0.1, -0.05) is 0 Å². The van der Waals surface area contributed by atoms with Crippen LogP contribution in [0.3, 0.4) is 0 Å². The lowest BCUT2D eigenvalue weighted by Crippen LogP contribution is -2.79. The Kier molecular flexibility index (Phi) is 10.6. The van der Waals surface area contributed by atoms with Crippen molar-refractivity contribution in [3.05, 3.63) is 0 Å². The minimum absolute atomic E-state index is 0. The first kappa shape index (κ1) is 44.2. The second-order valence-corrected chi connectivity index (χ2v) is 7.70. The number of carboxylic acids is 1. The molecule has 0 aliphatic carbocycles. The van der Waals surface area contributed by atoms with Crippen molar-refractivity contribution < 1.29 is 128 Å².